The van der Waals surface area contributed by atoms with Crippen LogP contribution in [0.25, 0.3) is 0 Å². The number of primary amides is 1. The van der Waals surface area contributed by atoms with Gasteiger partial charge in [0.25, 0.3) is 5.91 Å². The van der Waals surface area contributed by atoms with E-state index in [1.165, 1.54) is 18.2 Å². The fraction of sp³-hybridized carbons (Fsp3) is 0.188. The average Bonchev–Trinajstić information content (AvgIpc) is 2.48. The number of carbonyl (C=O) groups is 1. The number of hydrogen-bond acceptors (Lipinski definition) is 3. The zero-order chi connectivity index (χ0) is 15.4. The van der Waals surface area contributed by atoms with Gasteiger partial charge in [0.1, 0.15) is 5.75 Å². The number of amides is 1. The third kappa shape index (κ3) is 3.38. The van der Waals surface area contributed by atoms with E-state index in [1.807, 2.05) is 6.92 Å². The Hall–Kier alpha value is -2.40. The highest BCUT2D eigenvalue weighted by atomic mass is 19.1. The summed E-state index contributed by atoms with van der Waals surface area (Å²) in [5.41, 5.74) is 6.29. The lowest BCUT2D eigenvalue weighted by molar-refractivity contribution is 0.0998. The van der Waals surface area contributed by atoms with Gasteiger partial charge in [0.2, 0.25) is 0 Å². The summed E-state index contributed by atoms with van der Waals surface area (Å²) in [6, 6.07) is 11.2. The molecule has 2 aromatic rings. The lowest BCUT2D eigenvalue weighted by Crippen LogP contribution is -2.13. The van der Waals surface area contributed by atoms with E-state index >= 15 is 0 Å². The fourth-order valence-electron chi connectivity index (χ4n) is 1.91. The van der Waals surface area contributed by atoms with E-state index < -0.39 is 11.7 Å². The number of nitrogens with two attached hydrogens (primary N) is 1. The Labute approximate surface area is 122 Å². The molecule has 0 radical (unpaired) electrons. The zero-order valence-electron chi connectivity index (χ0n) is 11.9. The summed E-state index contributed by atoms with van der Waals surface area (Å²) in [5, 5.41) is 3.03. The molecule has 0 fully saturated rings. The monoisotopic (exact) mass is 288 g/mol. The van der Waals surface area contributed by atoms with Gasteiger partial charge in [-0.15, -0.1) is 0 Å². The number of ether oxygens (including phenoxy) is 1. The number of rotatable bonds is 5. The van der Waals surface area contributed by atoms with Gasteiger partial charge in [0.15, 0.2) is 11.6 Å². The number of para-hydroxylation sites is 1. The van der Waals surface area contributed by atoms with Crippen molar-refractivity contribution in [3.05, 3.63) is 59.4 Å². The Morgan fingerprint density at radius 3 is 2.57 bits per heavy atom. The predicted molar refractivity (Wildman–Crippen MR) is 78.9 cm³/mol. The van der Waals surface area contributed by atoms with Gasteiger partial charge >= 0.3 is 0 Å². The van der Waals surface area contributed by atoms with Crippen LogP contribution in [0, 0.1) is 5.82 Å². The molecule has 2 aromatic carbocycles. The van der Waals surface area contributed by atoms with Crippen molar-refractivity contribution in [1.29, 1.82) is 0 Å². The Bertz CT molecular complexity index is 658. The lowest BCUT2D eigenvalue weighted by Gasteiger charge is -2.13. The first-order valence-corrected chi connectivity index (χ1v) is 6.56. The molecule has 0 aliphatic heterocycles. The van der Waals surface area contributed by atoms with E-state index in [2.05, 4.69) is 5.32 Å². The first-order chi connectivity index (χ1) is 10.0. The first-order valence-electron chi connectivity index (χ1n) is 6.56. The van der Waals surface area contributed by atoms with Gasteiger partial charge in [-0.1, -0.05) is 18.2 Å². The number of nitrogens with one attached hydrogen (secondary N) is 1. The van der Waals surface area contributed by atoms with Crippen LogP contribution in [-0.4, -0.2) is 13.0 Å². The maximum Gasteiger partial charge on any atom is 0.252 e. The highest BCUT2D eigenvalue weighted by Crippen LogP contribution is 2.29. The van der Waals surface area contributed by atoms with Crippen LogP contribution in [-0.2, 0) is 0 Å². The summed E-state index contributed by atoms with van der Waals surface area (Å²) in [4.78, 5) is 11.3. The van der Waals surface area contributed by atoms with Crippen LogP contribution >= 0.6 is 0 Å². The van der Waals surface area contributed by atoms with E-state index in [4.69, 9.17) is 10.5 Å². The molecule has 1 atom stereocenters. The van der Waals surface area contributed by atoms with Gasteiger partial charge in [-0.3, -0.25) is 4.79 Å². The first kappa shape index (κ1) is 15.0. The molecule has 4 nitrogen and oxygen atoms in total. The Kier molecular flexibility index (Phi) is 4.55. The van der Waals surface area contributed by atoms with Crippen molar-refractivity contribution in [3.8, 4) is 11.5 Å². The van der Waals surface area contributed by atoms with Gasteiger partial charge < -0.3 is 15.8 Å². The third-order valence-corrected chi connectivity index (χ3v) is 3.26. The average molecular weight is 288 g/mol. The van der Waals surface area contributed by atoms with Crippen molar-refractivity contribution < 1.29 is 13.9 Å². The molecule has 1 unspecified atom stereocenters. The van der Waals surface area contributed by atoms with Crippen LogP contribution in [0.3, 0.4) is 0 Å². The third-order valence-electron chi connectivity index (χ3n) is 3.26. The largest absolute Gasteiger partial charge is 0.453 e. The summed E-state index contributed by atoms with van der Waals surface area (Å²) in [7, 11) is 1.80. The maximum atomic E-state index is 14.1. The van der Waals surface area contributed by atoms with Crippen LogP contribution in [0.2, 0.25) is 0 Å². The Morgan fingerprint density at radius 2 is 1.95 bits per heavy atom. The molecule has 0 saturated heterocycles. The molecule has 0 aromatic heterocycles. The Morgan fingerprint density at radius 1 is 1.24 bits per heavy atom. The topological polar surface area (TPSA) is 64.3 Å². The number of hydrogen-bond donors (Lipinski definition) is 2. The van der Waals surface area contributed by atoms with E-state index in [-0.39, 0.29) is 23.1 Å². The second kappa shape index (κ2) is 6.37. The van der Waals surface area contributed by atoms with Gasteiger partial charge in [-0.25, -0.2) is 4.39 Å². The van der Waals surface area contributed by atoms with Gasteiger partial charge in [-0.05, 0) is 43.8 Å². The van der Waals surface area contributed by atoms with Crippen LogP contribution in [0.1, 0.15) is 28.9 Å². The smallest absolute Gasteiger partial charge is 0.252 e. The van der Waals surface area contributed by atoms with Gasteiger partial charge in [0, 0.05) is 6.04 Å². The molecule has 0 aliphatic rings. The molecule has 21 heavy (non-hydrogen) atoms. The second-order valence-electron chi connectivity index (χ2n) is 4.66. The Balaban J connectivity index is 2.31. The minimum Gasteiger partial charge on any atom is -0.453 e. The molecular formula is C16H17FN2O2. The summed E-state index contributed by atoms with van der Waals surface area (Å²) in [6.07, 6.45) is 0. The molecule has 0 saturated carbocycles. The molecule has 3 N–H and O–H groups in total. The zero-order valence-corrected chi connectivity index (χ0v) is 11.9. The van der Waals surface area contributed by atoms with E-state index in [0.29, 0.717) is 0 Å². The molecule has 110 valence electrons. The number of halogens is 1. The van der Waals surface area contributed by atoms with Crippen molar-refractivity contribution in [2.24, 2.45) is 5.73 Å². The minimum absolute atomic E-state index is 0.0338. The molecule has 0 bridgehead atoms. The molecule has 0 spiro atoms. The van der Waals surface area contributed by atoms with Crippen molar-refractivity contribution in [3.63, 3.8) is 0 Å². The van der Waals surface area contributed by atoms with Crippen LogP contribution in [0.15, 0.2) is 42.5 Å². The molecule has 2 rings (SSSR count). The van der Waals surface area contributed by atoms with Gasteiger partial charge in [-0.2, -0.15) is 0 Å². The van der Waals surface area contributed by atoms with E-state index in [1.54, 1.807) is 31.3 Å². The molecule has 1 amide bonds. The second-order valence-corrected chi connectivity index (χ2v) is 4.66. The molecule has 5 heteroatoms. The van der Waals surface area contributed by atoms with Crippen molar-refractivity contribution in [1.82, 2.24) is 5.32 Å². The summed E-state index contributed by atoms with van der Waals surface area (Å²) in [6.45, 7) is 1.93. The minimum atomic E-state index is -0.619. The summed E-state index contributed by atoms with van der Waals surface area (Å²) >= 11 is 0. The normalized spacial score (nSPS) is 12.0. The highest BCUT2D eigenvalue weighted by Gasteiger charge is 2.13. The number of carbonyl (C=O) groups excluding carboxylic acids is 1. The standard InChI is InChI=1S/C16H17FN2O2/c1-10(19-2)11-7-8-15(13(17)9-11)21-14-6-4-3-5-12(14)16(18)20/h3-10,19H,1-2H3,(H2,18,20). The van der Waals surface area contributed by atoms with Crippen molar-refractivity contribution >= 4 is 5.91 Å². The quantitative estimate of drug-likeness (QED) is 0.889. The van der Waals surface area contributed by atoms with Crippen LogP contribution < -0.4 is 15.8 Å². The van der Waals surface area contributed by atoms with Gasteiger partial charge in [0.05, 0.1) is 5.56 Å². The van der Waals surface area contributed by atoms with Crippen molar-refractivity contribution in [2.45, 2.75) is 13.0 Å². The maximum absolute atomic E-state index is 14.1. The van der Waals surface area contributed by atoms with Crippen molar-refractivity contribution in [2.75, 3.05) is 7.05 Å². The highest BCUT2D eigenvalue weighted by molar-refractivity contribution is 5.95. The fourth-order valence-corrected chi connectivity index (χ4v) is 1.91. The summed E-state index contributed by atoms with van der Waals surface area (Å²) in [5.74, 6) is -0.825. The SMILES string of the molecule is CNC(C)c1ccc(Oc2ccccc2C(N)=O)c(F)c1. The summed E-state index contributed by atoms with van der Waals surface area (Å²) < 4.78 is 19.6. The molecule has 0 aliphatic carbocycles. The predicted octanol–water partition coefficient (Wildman–Crippen LogP) is 3.00. The number of benzene rings is 2. The molecule has 0 heterocycles. The van der Waals surface area contributed by atoms with E-state index in [0.717, 1.165) is 5.56 Å². The lowest BCUT2D eigenvalue weighted by atomic mass is 10.1. The van der Waals surface area contributed by atoms with Crippen LogP contribution in [0.5, 0.6) is 11.5 Å². The van der Waals surface area contributed by atoms with Crippen LogP contribution in [0.4, 0.5) is 4.39 Å². The van der Waals surface area contributed by atoms with E-state index in [9.17, 15) is 9.18 Å². The molecular weight excluding hydrogens is 271 g/mol.